The maximum absolute atomic E-state index is 6.04. The first kappa shape index (κ1) is 18.1. The predicted molar refractivity (Wildman–Crippen MR) is 116 cm³/mol. The van der Waals surface area contributed by atoms with Gasteiger partial charge < -0.3 is 9.14 Å². The Kier molecular flexibility index (Phi) is 4.52. The van der Waals surface area contributed by atoms with Crippen LogP contribution in [0.3, 0.4) is 0 Å². The van der Waals surface area contributed by atoms with Crippen LogP contribution in [0, 0.1) is 6.92 Å². The van der Waals surface area contributed by atoms with Gasteiger partial charge in [0, 0.05) is 43.6 Å². The van der Waals surface area contributed by atoms with Crippen LogP contribution < -0.4 is 4.74 Å². The fourth-order valence-corrected chi connectivity index (χ4v) is 3.52. The lowest BCUT2D eigenvalue weighted by Crippen LogP contribution is -1.98. The summed E-state index contributed by atoms with van der Waals surface area (Å²) in [7, 11) is 1.89. The highest BCUT2D eigenvalue weighted by atomic mass is 16.5. The Balaban J connectivity index is 1.34. The third kappa shape index (κ3) is 3.43. The molecule has 0 unspecified atom stereocenters. The van der Waals surface area contributed by atoms with Gasteiger partial charge in [-0.2, -0.15) is 0 Å². The van der Waals surface area contributed by atoms with Gasteiger partial charge in [-0.05, 0) is 41.8 Å². The summed E-state index contributed by atoms with van der Waals surface area (Å²) < 4.78 is 9.86. The summed E-state index contributed by atoms with van der Waals surface area (Å²) >= 11 is 0. The van der Waals surface area contributed by atoms with Gasteiger partial charge in [0.15, 0.2) is 0 Å². The molecule has 0 aliphatic rings. The summed E-state index contributed by atoms with van der Waals surface area (Å²) in [4.78, 5) is 8.85. The van der Waals surface area contributed by atoms with E-state index in [2.05, 4.69) is 57.9 Å². The number of benzene rings is 1. The number of rotatable bonds is 5. The van der Waals surface area contributed by atoms with Crippen LogP contribution in [0.5, 0.6) is 5.88 Å². The maximum Gasteiger partial charge on any atom is 0.241 e. The number of aromatic nitrogens is 5. The Bertz CT molecular complexity index is 1300. The minimum Gasteiger partial charge on any atom is -0.471 e. The lowest BCUT2D eigenvalue weighted by Gasteiger charge is -2.06. The van der Waals surface area contributed by atoms with Gasteiger partial charge in [-0.15, -0.1) is 5.10 Å². The van der Waals surface area contributed by atoms with Crippen LogP contribution in [-0.2, 0) is 13.7 Å². The third-order valence-corrected chi connectivity index (χ3v) is 5.09. The first-order chi connectivity index (χ1) is 14.7. The van der Waals surface area contributed by atoms with E-state index in [4.69, 9.17) is 9.72 Å². The maximum atomic E-state index is 6.04. The number of pyridine rings is 2. The van der Waals surface area contributed by atoms with Crippen LogP contribution in [0.15, 0.2) is 79.5 Å². The molecule has 0 aliphatic heterocycles. The number of fused-ring (bicyclic) bond motifs is 1. The van der Waals surface area contributed by atoms with Crippen molar-refractivity contribution in [2.75, 3.05) is 0 Å². The molecule has 0 radical (unpaired) electrons. The number of ether oxygens (including phenoxy) is 1. The van der Waals surface area contributed by atoms with Crippen molar-refractivity contribution < 1.29 is 4.74 Å². The van der Waals surface area contributed by atoms with Crippen LogP contribution in [0.2, 0.25) is 0 Å². The Morgan fingerprint density at radius 1 is 0.933 bits per heavy atom. The zero-order chi connectivity index (χ0) is 20.5. The molecular formula is C24H21N5O. The first-order valence-electron chi connectivity index (χ1n) is 9.78. The predicted octanol–water partition coefficient (Wildman–Crippen LogP) is 4.68. The van der Waals surface area contributed by atoms with Crippen LogP contribution in [0.1, 0.15) is 11.1 Å². The van der Waals surface area contributed by atoms with E-state index >= 15 is 0 Å². The largest absolute Gasteiger partial charge is 0.471 e. The molecule has 1 aromatic carbocycles. The van der Waals surface area contributed by atoms with E-state index in [1.54, 1.807) is 17.1 Å². The minimum atomic E-state index is 0.444. The SMILES string of the molecule is Cc1cccn2cc(-c3ccc(COc4nn(C)cc4-c4ccncc4)cc3)nc12. The van der Waals surface area contributed by atoms with Crippen molar-refractivity contribution in [2.24, 2.45) is 7.05 Å². The number of imidazole rings is 1. The van der Waals surface area contributed by atoms with Gasteiger partial charge in [0.2, 0.25) is 5.88 Å². The summed E-state index contributed by atoms with van der Waals surface area (Å²) in [5.41, 5.74) is 7.25. The van der Waals surface area contributed by atoms with Gasteiger partial charge in [0.25, 0.3) is 0 Å². The number of hydrogen-bond acceptors (Lipinski definition) is 4. The Labute approximate surface area is 174 Å². The van der Waals surface area contributed by atoms with E-state index in [9.17, 15) is 0 Å². The molecule has 4 heterocycles. The molecule has 5 aromatic rings. The van der Waals surface area contributed by atoms with Gasteiger partial charge >= 0.3 is 0 Å². The molecule has 5 rings (SSSR count). The summed E-state index contributed by atoms with van der Waals surface area (Å²) in [5, 5.41) is 4.46. The summed E-state index contributed by atoms with van der Waals surface area (Å²) in [6.07, 6.45) is 9.58. The highest BCUT2D eigenvalue weighted by Gasteiger charge is 2.12. The quantitative estimate of drug-likeness (QED) is 0.433. The molecule has 0 amide bonds. The van der Waals surface area contributed by atoms with Crippen molar-refractivity contribution >= 4 is 5.65 Å². The van der Waals surface area contributed by atoms with E-state index in [-0.39, 0.29) is 0 Å². The monoisotopic (exact) mass is 395 g/mol. The number of hydrogen-bond donors (Lipinski definition) is 0. The van der Waals surface area contributed by atoms with Crippen molar-refractivity contribution in [3.05, 3.63) is 90.6 Å². The molecule has 0 N–H and O–H groups in total. The Morgan fingerprint density at radius 2 is 1.73 bits per heavy atom. The summed E-state index contributed by atoms with van der Waals surface area (Å²) in [6.45, 7) is 2.52. The standard InChI is InChI=1S/C24H21N5O/c1-17-4-3-13-29-15-22(26-23(17)29)20-7-5-18(6-8-20)16-30-24-21(14-28(2)27-24)19-9-11-25-12-10-19/h3-15H,16H2,1-2H3. The molecular weight excluding hydrogens is 374 g/mol. The fourth-order valence-electron chi connectivity index (χ4n) is 3.52. The van der Waals surface area contributed by atoms with Gasteiger partial charge in [0.1, 0.15) is 12.3 Å². The van der Waals surface area contributed by atoms with E-state index in [1.165, 1.54) is 0 Å². The molecule has 148 valence electrons. The van der Waals surface area contributed by atoms with Crippen LogP contribution in [-0.4, -0.2) is 24.1 Å². The number of aryl methyl sites for hydroxylation is 2. The Hall–Kier alpha value is -3.93. The average molecular weight is 395 g/mol. The number of nitrogens with zero attached hydrogens (tertiary/aromatic N) is 5. The molecule has 0 atom stereocenters. The molecule has 0 saturated heterocycles. The van der Waals surface area contributed by atoms with Gasteiger partial charge in [0.05, 0.1) is 11.3 Å². The highest BCUT2D eigenvalue weighted by Crippen LogP contribution is 2.29. The lowest BCUT2D eigenvalue weighted by molar-refractivity contribution is 0.292. The smallest absolute Gasteiger partial charge is 0.241 e. The lowest BCUT2D eigenvalue weighted by atomic mass is 10.1. The zero-order valence-corrected chi connectivity index (χ0v) is 16.9. The van der Waals surface area contributed by atoms with Crippen molar-refractivity contribution in [1.29, 1.82) is 0 Å². The highest BCUT2D eigenvalue weighted by molar-refractivity contribution is 5.67. The molecule has 30 heavy (non-hydrogen) atoms. The minimum absolute atomic E-state index is 0.444. The molecule has 0 saturated carbocycles. The Morgan fingerprint density at radius 3 is 2.50 bits per heavy atom. The zero-order valence-electron chi connectivity index (χ0n) is 16.9. The normalized spacial score (nSPS) is 11.1. The van der Waals surface area contributed by atoms with Crippen LogP contribution in [0.25, 0.3) is 28.0 Å². The fraction of sp³-hybridized carbons (Fsp3) is 0.125. The van der Waals surface area contributed by atoms with Gasteiger partial charge in [-0.1, -0.05) is 30.3 Å². The third-order valence-electron chi connectivity index (χ3n) is 5.09. The molecule has 0 fully saturated rings. The molecule has 0 spiro atoms. The summed E-state index contributed by atoms with van der Waals surface area (Å²) in [6, 6.07) is 16.3. The van der Waals surface area contributed by atoms with E-state index in [0.29, 0.717) is 12.5 Å². The van der Waals surface area contributed by atoms with E-state index < -0.39 is 0 Å². The molecule has 0 bridgehead atoms. The second-order valence-corrected chi connectivity index (χ2v) is 7.29. The second kappa shape index (κ2) is 7.48. The summed E-state index contributed by atoms with van der Waals surface area (Å²) in [5.74, 6) is 0.614. The second-order valence-electron chi connectivity index (χ2n) is 7.29. The van der Waals surface area contributed by atoms with Gasteiger partial charge in [-0.3, -0.25) is 9.67 Å². The van der Waals surface area contributed by atoms with Crippen molar-refractivity contribution in [3.8, 4) is 28.3 Å². The van der Waals surface area contributed by atoms with Crippen molar-refractivity contribution in [2.45, 2.75) is 13.5 Å². The van der Waals surface area contributed by atoms with E-state index in [1.807, 2.05) is 37.6 Å². The molecule has 6 nitrogen and oxygen atoms in total. The van der Waals surface area contributed by atoms with Crippen molar-refractivity contribution in [3.63, 3.8) is 0 Å². The van der Waals surface area contributed by atoms with Crippen molar-refractivity contribution in [1.82, 2.24) is 24.1 Å². The van der Waals surface area contributed by atoms with Crippen LogP contribution in [0.4, 0.5) is 0 Å². The van der Waals surface area contributed by atoms with E-state index in [0.717, 1.165) is 39.2 Å². The first-order valence-corrected chi connectivity index (χ1v) is 9.78. The molecule has 4 aromatic heterocycles. The van der Waals surface area contributed by atoms with Crippen LogP contribution >= 0.6 is 0 Å². The topological polar surface area (TPSA) is 57.2 Å². The average Bonchev–Trinajstić information content (AvgIpc) is 3.38. The molecule has 0 aliphatic carbocycles. The molecule has 6 heteroatoms. The van der Waals surface area contributed by atoms with Gasteiger partial charge in [-0.25, -0.2) is 4.98 Å².